The normalized spacial score (nSPS) is 36.8. The third kappa shape index (κ3) is 7.73. The van der Waals surface area contributed by atoms with Gasteiger partial charge < -0.3 is 5.32 Å². The summed E-state index contributed by atoms with van der Waals surface area (Å²) in [6.07, 6.45) is 21.1. The molecule has 2 aliphatic rings. The van der Waals surface area contributed by atoms with Crippen molar-refractivity contribution >= 4 is 12.6 Å². The van der Waals surface area contributed by atoms with Crippen molar-refractivity contribution in [2.24, 2.45) is 5.92 Å². The second-order valence-electron chi connectivity index (χ2n) is 8.13. The zero-order valence-corrected chi connectivity index (χ0v) is 15.8. The summed E-state index contributed by atoms with van der Waals surface area (Å²) in [6, 6.07) is 1.49. The molecule has 0 amide bonds. The molecule has 0 heterocycles. The molecule has 130 valence electrons. The van der Waals surface area contributed by atoms with Crippen molar-refractivity contribution in [1.29, 1.82) is 0 Å². The fraction of sp³-hybridized carbons (Fsp3) is 1.00. The predicted octanol–water partition coefficient (Wildman–Crippen LogP) is 6.13. The minimum atomic E-state index is 0.615. The van der Waals surface area contributed by atoms with Gasteiger partial charge in [0.2, 0.25) is 0 Å². The predicted molar refractivity (Wildman–Crippen MR) is 102 cm³/mol. The maximum Gasteiger partial charge on any atom is 0.00801 e. The van der Waals surface area contributed by atoms with Crippen LogP contribution in [0.25, 0.3) is 0 Å². The summed E-state index contributed by atoms with van der Waals surface area (Å²) >= 11 is 4.87. The van der Waals surface area contributed by atoms with Gasteiger partial charge in [-0.3, -0.25) is 0 Å². The van der Waals surface area contributed by atoms with Crippen molar-refractivity contribution in [3.8, 4) is 0 Å². The lowest BCUT2D eigenvalue weighted by molar-refractivity contribution is 0.310. The molecule has 2 fully saturated rings. The first-order chi connectivity index (χ1) is 10.7. The summed E-state index contributed by atoms with van der Waals surface area (Å²) in [7, 11) is 0. The van der Waals surface area contributed by atoms with E-state index in [4.69, 9.17) is 12.6 Å². The molecule has 2 aliphatic carbocycles. The van der Waals surface area contributed by atoms with Gasteiger partial charge in [0.15, 0.2) is 0 Å². The van der Waals surface area contributed by atoms with Crippen molar-refractivity contribution in [3.05, 3.63) is 0 Å². The summed E-state index contributed by atoms with van der Waals surface area (Å²) in [5.74, 6) is 0.905. The molecule has 0 aliphatic heterocycles. The van der Waals surface area contributed by atoms with E-state index in [1.165, 1.54) is 96.3 Å². The van der Waals surface area contributed by atoms with E-state index >= 15 is 0 Å². The molecule has 2 heteroatoms. The van der Waals surface area contributed by atoms with Gasteiger partial charge in [-0.15, -0.1) is 0 Å². The van der Waals surface area contributed by atoms with E-state index in [-0.39, 0.29) is 0 Å². The quantitative estimate of drug-likeness (QED) is 0.582. The Morgan fingerprint density at radius 3 is 1.82 bits per heavy atom. The Morgan fingerprint density at radius 2 is 1.14 bits per heavy atom. The Morgan fingerprint density at radius 1 is 0.636 bits per heavy atom. The van der Waals surface area contributed by atoms with Crippen LogP contribution in [0.4, 0.5) is 0 Å². The molecular formula is C20H39NS. The zero-order chi connectivity index (χ0) is 15.6. The van der Waals surface area contributed by atoms with Crippen LogP contribution in [0.2, 0.25) is 0 Å². The Kier molecular flexibility index (Phi) is 9.30. The maximum absolute atomic E-state index is 4.87. The van der Waals surface area contributed by atoms with Gasteiger partial charge >= 0.3 is 0 Å². The Labute approximate surface area is 144 Å². The summed E-state index contributed by atoms with van der Waals surface area (Å²) in [5.41, 5.74) is 0. The number of rotatable bonds is 2. The average Bonchev–Trinajstić information content (AvgIpc) is 2.58. The van der Waals surface area contributed by atoms with Crippen molar-refractivity contribution < 1.29 is 0 Å². The van der Waals surface area contributed by atoms with E-state index in [1.807, 2.05) is 0 Å². The minimum Gasteiger partial charge on any atom is -0.311 e. The van der Waals surface area contributed by atoms with Gasteiger partial charge in [0.05, 0.1) is 0 Å². The SMILES string of the molecule is CC1CCCCCCC(NC2CCCCCCCC(S)C2)C1. The number of thiol groups is 1. The molecule has 1 N–H and O–H groups in total. The van der Waals surface area contributed by atoms with Crippen molar-refractivity contribution in [1.82, 2.24) is 5.32 Å². The highest BCUT2D eigenvalue weighted by molar-refractivity contribution is 7.80. The lowest BCUT2D eigenvalue weighted by Gasteiger charge is -2.29. The molecule has 0 bridgehead atoms. The van der Waals surface area contributed by atoms with Crippen LogP contribution in [0.3, 0.4) is 0 Å². The third-order valence-electron chi connectivity index (χ3n) is 5.80. The average molecular weight is 326 g/mol. The molecule has 0 saturated heterocycles. The van der Waals surface area contributed by atoms with Crippen molar-refractivity contribution in [2.45, 2.75) is 121 Å². The summed E-state index contributed by atoms with van der Waals surface area (Å²) in [5, 5.41) is 4.70. The van der Waals surface area contributed by atoms with Gasteiger partial charge in [0.1, 0.15) is 0 Å². The molecule has 0 aromatic carbocycles. The smallest absolute Gasteiger partial charge is 0.00801 e. The standard InChI is InChI=1S/C20H39NS/c1-17-11-7-5-6-9-12-18(15-17)21-19-13-8-3-2-4-10-14-20(22)16-19/h17-22H,2-16H2,1H3. The lowest BCUT2D eigenvalue weighted by atomic mass is 9.92. The number of hydrogen-bond donors (Lipinski definition) is 2. The van der Waals surface area contributed by atoms with Crippen LogP contribution < -0.4 is 5.32 Å². The van der Waals surface area contributed by atoms with Crippen molar-refractivity contribution in [3.63, 3.8) is 0 Å². The van der Waals surface area contributed by atoms with Gasteiger partial charge in [-0.1, -0.05) is 71.1 Å². The van der Waals surface area contributed by atoms with E-state index in [9.17, 15) is 0 Å². The van der Waals surface area contributed by atoms with Gasteiger partial charge in [-0.2, -0.15) is 12.6 Å². The van der Waals surface area contributed by atoms with Crippen molar-refractivity contribution in [2.75, 3.05) is 0 Å². The molecule has 1 nitrogen and oxygen atoms in total. The first-order valence-electron chi connectivity index (χ1n) is 10.2. The molecule has 0 spiro atoms. The Hall–Kier alpha value is 0.310. The highest BCUT2D eigenvalue weighted by atomic mass is 32.1. The van der Waals surface area contributed by atoms with E-state index in [0.29, 0.717) is 5.25 Å². The second kappa shape index (κ2) is 11.0. The van der Waals surface area contributed by atoms with Crippen LogP contribution in [0, 0.1) is 5.92 Å². The highest BCUT2D eigenvalue weighted by Gasteiger charge is 2.21. The molecular weight excluding hydrogens is 286 g/mol. The van der Waals surface area contributed by atoms with Crippen LogP contribution in [-0.4, -0.2) is 17.3 Å². The van der Waals surface area contributed by atoms with Crippen LogP contribution >= 0.6 is 12.6 Å². The van der Waals surface area contributed by atoms with Gasteiger partial charge in [-0.05, 0) is 38.0 Å². The van der Waals surface area contributed by atoms with Crippen LogP contribution in [-0.2, 0) is 0 Å². The first kappa shape index (κ1) is 18.6. The third-order valence-corrected chi connectivity index (χ3v) is 6.27. The van der Waals surface area contributed by atoms with Gasteiger partial charge in [-0.25, -0.2) is 0 Å². The largest absolute Gasteiger partial charge is 0.311 e. The molecule has 22 heavy (non-hydrogen) atoms. The number of hydrogen-bond acceptors (Lipinski definition) is 2. The molecule has 0 radical (unpaired) electrons. The summed E-state index contributed by atoms with van der Waals surface area (Å²) in [6.45, 7) is 2.47. The molecule has 2 rings (SSSR count). The van der Waals surface area contributed by atoms with E-state index < -0.39 is 0 Å². The zero-order valence-electron chi connectivity index (χ0n) is 14.9. The molecule has 0 aromatic rings. The maximum atomic E-state index is 4.87. The minimum absolute atomic E-state index is 0.615. The van der Waals surface area contributed by atoms with Crippen LogP contribution in [0.5, 0.6) is 0 Å². The van der Waals surface area contributed by atoms with Gasteiger partial charge in [0, 0.05) is 17.3 Å². The topological polar surface area (TPSA) is 12.0 Å². The monoisotopic (exact) mass is 325 g/mol. The molecule has 4 atom stereocenters. The fourth-order valence-electron chi connectivity index (χ4n) is 4.46. The van der Waals surface area contributed by atoms with Gasteiger partial charge in [0.25, 0.3) is 0 Å². The summed E-state index contributed by atoms with van der Waals surface area (Å²) in [4.78, 5) is 0. The second-order valence-corrected chi connectivity index (χ2v) is 8.86. The van der Waals surface area contributed by atoms with E-state index in [1.54, 1.807) is 0 Å². The lowest BCUT2D eigenvalue weighted by Crippen LogP contribution is -2.40. The molecule has 4 unspecified atom stereocenters. The first-order valence-corrected chi connectivity index (χ1v) is 10.7. The fourth-order valence-corrected chi connectivity index (χ4v) is 4.90. The van der Waals surface area contributed by atoms with Crippen LogP contribution in [0.15, 0.2) is 0 Å². The van der Waals surface area contributed by atoms with E-state index in [2.05, 4.69) is 12.2 Å². The number of nitrogens with one attached hydrogen (secondary N) is 1. The van der Waals surface area contributed by atoms with E-state index in [0.717, 1.165) is 18.0 Å². The van der Waals surface area contributed by atoms with Crippen LogP contribution in [0.1, 0.15) is 103 Å². The molecule has 0 aromatic heterocycles. The highest BCUT2D eigenvalue weighted by Crippen LogP contribution is 2.25. The Balaban J connectivity index is 1.85. The Bertz CT molecular complexity index is 281. The summed E-state index contributed by atoms with van der Waals surface area (Å²) < 4.78 is 0. The molecule has 2 saturated carbocycles.